The van der Waals surface area contributed by atoms with Crippen molar-refractivity contribution in [2.75, 3.05) is 6.61 Å². The first-order valence-corrected chi connectivity index (χ1v) is 8.45. The van der Waals surface area contributed by atoms with Crippen LogP contribution in [0.1, 0.15) is 58.8 Å². The van der Waals surface area contributed by atoms with E-state index in [-0.39, 0.29) is 5.97 Å². The van der Waals surface area contributed by atoms with E-state index < -0.39 is 0 Å². The molecule has 0 aliphatic carbocycles. The van der Waals surface area contributed by atoms with Crippen molar-refractivity contribution in [2.24, 2.45) is 0 Å². The molecular weight excluding hydrogens is 266 g/mol. The predicted octanol–water partition coefficient (Wildman–Crippen LogP) is 1.36. The lowest BCUT2D eigenvalue weighted by Crippen LogP contribution is -2.62. The summed E-state index contributed by atoms with van der Waals surface area (Å²) in [5, 5.41) is 7.34. The van der Waals surface area contributed by atoms with Crippen molar-refractivity contribution in [3.63, 3.8) is 0 Å². The number of nitrogens with zero attached hydrogens (tertiary/aromatic N) is 1. The van der Waals surface area contributed by atoms with Crippen LogP contribution in [-0.2, 0) is 9.53 Å². The van der Waals surface area contributed by atoms with Crippen molar-refractivity contribution >= 4 is 11.9 Å². The maximum atomic E-state index is 10.7. The Hall–Kier alpha value is -1.26. The standard InChI is InChI=1S/C16H27N3O2/c1-11-9-14-6-7-15-10-13(18-16(17-11)19(14)15)5-3-4-8-21-12(2)20/h11,13-15H,3-10H2,1-2H3,(H,17,18)/p+1/t11-,13+,14+,15-/m1/s1. The number of rotatable bonds is 5. The Morgan fingerprint density at radius 3 is 2.76 bits per heavy atom. The maximum absolute atomic E-state index is 10.7. The molecule has 0 radical (unpaired) electrons. The molecule has 0 bridgehead atoms. The van der Waals surface area contributed by atoms with Crippen LogP contribution in [0.15, 0.2) is 0 Å². The molecule has 3 aliphatic rings. The van der Waals surface area contributed by atoms with Crippen LogP contribution in [0, 0.1) is 0 Å². The summed E-state index contributed by atoms with van der Waals surface area (Å²) in [5.74, 6) is 1.10. The first-order chi connectivity index (χ1) is 10.1. The van der Waals surface area contributed by atoms with E-state index in [9.17, 15) is 4.79 Å². The minimum atomic E-state index is -0.172. The second-order valence-corrected chi connectivity index (χ2v) is 6.83. The highest BCUT2D eigenvalue weighted by Crippen LogP contribution is 2.31. The number of nitrogens with one attached hydrogen (secondary N) is 2. The normalized spacial score (nSPS) is 34.0. The summed E-state index contributed by atoms with van der Waals surface area (Å²) in [7, 11) is 0. The highest BCUT2D eigenvalue weighted by Gasteiger charge is 2.44. The Balaban J connectivity index is 1.50. The summed E-state index contributed by atoms with van der Waals surface area (Å²) in [6, 6.07) is 2.62. The number of hydrogen-bond donors (Lipinski definition) is 2. The zero-order chi connectivity index (χ0) is 14.8. The number of carbonyl (C=O) groups excluding carboxylic acids is 1. The van der Waals surface area contributed by atoms with Gasteiger partial charge in [-0.05, 0) is 39.0 Å². The van der Waals surface area contributed by atoms with Crippen LogP contribution < -0.4 is 10.6 Å². The van der Waals surface area contributed by atoms with Gasteiger partial charge in [0, 0.05) is 19.8 Å². The lowest BCUT2D eigenvalue weighted by molar-refractivity contribution is -0.593. The van der Waals surface area contributed by atoms with E-state index >= 15 is 0 Å². The molecule has 4 atom stereocenters. The third-order valence-electron chi connectivity index (χ3n) is 5.04. The van der Waals surface area contributed by atoms with Crippen molar-refractivity contribution in [2.45, 2.75) is 83.0 Å². The van der Waals surface area contributed by atoms with E-state index in [1.807, 2.05) is 0 Å². The summed E-state index contributed by atoms with van der Waals surface area (Å²) in [4.78, 5) is 10.7. The molecule has 3 aliphatic heterocycles. The molecule has 2 N–H and O–H groups in total. The monoisotopic (exact) mass is 294 g/mol. The Morgan fingerprint density at radius 1 is 1.24 bits per heavy atom. The van der Waals surface area contributed by atoms with Gasteiger partial charge in [0.1, 0.15) is 0 Å². The summed E-state index contributed by atoms with van der Waals surface area (Å²) in [5.41, 5.74) is 0. The topological polar surface area (TPSA) is 53.4 Å². The van der Waals surface area contributed by atoms with Crippen LogP contribution >= 0.6 is 0 Å². The third-order valence-corrected chi connectivity index (χ3v) is 5.04. The Kier molecular flexibility index (Phi) is 4.36. The van der Waals surface area contributed by atoms with Gasteiger partial charge in [-0.15, -0.1) is 0 Å². The average Bonchev–Trinajstić information content (AvgIpc) is 2.82. The smallest absolute Gasteiger partial charge is 0.346 e. The zero-order valence-corrected chi connectivity index (χ0v) is 13.2. The Morgan fingerprint density at radius 2 is 2.00 bits per heavy atom. The minimum absolute atomic E-state index is 0.172. The molecule has 118 valence electrons. The number of carbonyl (C=O) groups is 1. The highest BCUT2D eigenvalue weighted by atomic mass is 16.5. The van der Waals surface area contributed by atoms with Gasteiger partial charge in [0.25, 0.3) is 0 Å². The zero-order valence-electron chi connectivity index (χ0n) is 13.2. The van der Waals surface area contributed by atoms with Crippen molar-refractivity contribution in [3.8, 4) is 0 Å². The van der Waals surface area contributed by atoms with Crippen LogP contribution in [0.25, 0.3) is 0 Å². The van der Waals surface area contributed by atoms with Crippen molar-refractivity contribution < 1.29 is 14.1 Å². The Bertz CT molecular complexity index is 435. The quantitative estimate of drug-likeness (QED) is 0.457. The maximum Gasteiger partial charge on any atom is 0.346 e. The second-order valence-electron chi connectivity index (χ2n) is 6.83. The summed E-state index contributed by atoms with van der Waals surface area (Å²) >= 11 is 0. The fourth-order valence-electron chi connectivity index (χ4n) is 4.16. The van der Waals surface area contributed by atoms with E-state index in [0.29, 0.717) is 18.7 Å². The van der Waals surface area contributed by atoms with Crippen molar-refractivity contribution in [1.29, 1.82) is 0 Å². The van der Waals surface area contributed by atoms with Gasteiger partial charge in [0.05, 0.1) is 30.8 Å². The minimum Gasteiger partial charge on any atom is -0.466 e. The predicted molar refractivity (Wildman–Crippen MR) is 81.3 cm³/mol. The molecule has 5 heteroatoms. The number of hydrogen-bond acceptors (Lipinski definition) is 4. The Labute approximate surface area is 127 Å². The van der Waals surface area contributed by atoms with Crippen molar-refractivity contribution in [3.05, 3.63) is 0 Å². The molecule has 21 heavy (non-hydrogen) atoms. The number of ether oxygens (including phenoxy) is 1. The molecule has 0 unspecified atom stereocenters. The largest absolute Gasteiger partial charge is 0.466 e. The van der Waals surface area contributed by atoms with Gasteiger partial charge in [0.15, 0.2) is 0 Å². The molecule has 0 aromatic carbocycles. The molecule has 3 heterocycles. The molecule has 0 amide bonds. The summed E-state index contributed by atoms with van der Waals surface area (Å²) in [6.45, 7) is 4.31. The molecule has 0 saturated carbocycles. The summed E-state index contributed by atoms with van der Waals surface area (Å²) in [6.07, 6.45) is 8.46. The molecule has 1 saturated heterocycles. The van der Waals surface area contributed by atoms with E-state index in [2.05, 4.69) is 22.1 Å². The molecular formula is C16H28N3O2+. The van der Waals surface area contributed by atoms with Gasteiger partial charge in [-0.3, -0.25) is 20.0 Å². The lowest BCUT2D eigenvalue weighted by Gasteiger charge is -2.35. The lowest BCUT2D eigenvalue weighted by atomic mass is 9.99. The third kappa shape index (κ3) is 3.33. The molecule has 0 aromatic rings. The van der Waals surface area contributed by atoms with Crippen molar-refractivity contribution in [1.82, 2.24) is 10.6 Å². The van der Waals surface area contributed by atoms with Gasteiger partial charge in [-0.2, -0.15) is 0 Å². The first-order valence-electron chi connectivity index (χ1n) is 8.45. The van der Waals surface area contributed by atoms with E-state index in [4.69, 9.17) is 4.74 Å². The fraction of sp³-hybridized carbons (Fsp3) is 0.875. The SMILES string of the molecule is CC(=O)OCCCC[C@H]1C[C@H]2CC[C@H]3C[C@@H](C)NC(=[N+]23)N1. The number of unbranched alkanes of at least 4 members (excludes halogenated alkanes) is 1. The molecule has 1 fully saturated rings. The molecule has 5 nitrogen and oxygen atoms in total. The van der Waals surface area contributed by atoms with Gasteiger partial charge in [-0.25, -0.2) is 0 Å². The van der Waals surface area contributed by atoms with E-state index in [1.54, 1.807) is 0 Å². The second kappa shape index (κ2) is 6.24. The first kappa shape index (κ1) is 14.7. The van der Waals surface area contributed by atoms with Crippen LogP contribution in [-0.4, -0.2) is 47.3 Å². The van der Waals surface area contributed by atoms with E-state index in [0.717, 1.165) is 31.3 Å². The fourth-order valence-corrected chi connectivity index (χ4v) is 4.16. The average molecular weight is 294 g/mol. The highest BCUT2D eigenvalue weighted by molar-refractivity contribution is 5.76. The van der Waals surface area contributed by atoms with Crippen LogP contribution in [0.5, 0.6) is 0 Å². The number of esters is 1. The molecule has 0 spiro atoms. The van der Waals surface area contributed by atoms with Crippen LogP contribution in [0.2, 0.25) is 0 Å². The van der Waals surface area contributed by atoms with Gasteiger partial charge in [-0.1, -0.05) is 0 Å². The number of guanidine groups is 1. The molecule has 3 rings (SSSR count). The van der Waals surface area contributed by atoms with Gasteiger partial charge in [0.2, 0.25) is 0 Å². The summed E-state index contributed by atoms with van der Waals surface area (Å²) < 4.78 is 7.60. The van der Waals surface area contributed by atoms with Gasteiger partial charge < -0.3 is 4.74 Å². The van der Waals surface area contributed by atoms with Crippen LogP contribution in [0.3, 0.4) is 0 Å². The molecule has 0 aromatic heterocycles. The van der Waals surface area contributed by atoms with Crippen LogP contribution in [0.4, 0.5) is 0 Å². The van der Waals surface area contributed by atoms with Gasteiger partial charge >= 0.3 is 11.9 Å². The van der Waals surface area contributed by atoms with E-state index in [1.165, 1.54) is 38.6 Å².